The number of aromatic nitrogens is 2. The van der Waals surface area contributed by atoms with Crippen LogP contribution in [-0.2, 0) is 0 Å². The predicted octanol–water partition coefficient (Wildman–Crippen LogP) is 3.62. The van der Waals surface area contributed by atoms with Crippen LogP contribution in [0.4, 0.5) is 11.6 Å². The number of unbranched alkanes of at least 4 members (excludes halogenated alkanes) is 1. The zero-order valence-corrected chi connectivity index (χ0v) is 13.5. The standard InChI is InChI=1S/C16H19ClN4O/c1-3-4-11-21(2)16-18-10-9-14(20-16)15(22)19-13-7-5-12(17)6-8-13/h5-10H,3-4,11H2,1-2H3,(H,19,22). The molecule has 1 N–H and O–H groups in total. The Hall–Kier alpha value is -2.14. The highest BCUT2D eigenvalue weighted by molar-refractivity contribution is 6.30. The van der Waals surface area contributed by atoms with Gasteiger partial charge in [-0.2, -0.15) is 0 Å². The minimum atomic E-state index is -0.269. The van der Waals surface area contributed by atoms with Crippen molar-refractivity contribution in [3.8, 4) is 0 Å². The van der Waals surface area contributed by atoms with Crippen LogP contribution in [0.25, 0.3) is 0 Å². The number of carbonyl (C=O) groups excluding carboxylic acids is 1. The molecule has 0 unspecified atom stereocenters. The highest BCUT2D eigenvalue weighted by Gasteiger charge is 2.11. The van der Waals surface area contributed by atoms with Gasteiger partial charge in [-0.25, -0.2) is 9.97 Å². The zero-order valence-electron chi connectivity index (χ0n) is 12.7. The van der Waals surface area contributed by atoms with Crippen molar-refractivity contribution in [2.45, 2.75) is 19.8 Å². The van der Waals surface area contributed by atoms with E-state index in [0.29, 0.717) is 22.4 Å². The number of anilines is 2. The highest BCUT2D eigenvalue weighted by Crippen LogP contribution is 2.14. The van der Waals surface area contributed by atoms with E-state index in [2.05, 4.69) is 22.2 Å². The molecule has 0 saturated heterocycles. The lowest BCUT2D eigenvalue weighted by Gasteiger charge is -2.16. The van der Waals surface area contributed by atoms with Crippen LogP contribution in [-0.4, -0.2) is 29.5 Å². The van der Waals surface area contributed by atoms with Gasteiger partial charge in [-0.15, -0.1) is 0 Å². The van der Waals surface area contributed by atoms with Gasteiger partial charge < -0.3 is 10.2 Å². The number of hydrogen-bond acceptors (Lipinski definition) is 4. The molecule has 1 heterocycles. The number of halogens is 1. The molecule has 22 heavy (non-hydrogen) atoms. The van der Waals surface area contributed by atoms with Crippen molar-refractivity contribution in [3.63, 3.8) is 0 Å². The van der Waals surface area contributed by atoms with Gasteiger partial charge in [0.1, 0.15) is 5.69 Å². The summed E-state index contributed by atoms with van der Waals surface area (Å²) in [6, 6.07) is 8.54. The normalized spacial score (nSPS) is 10.3. The van der Waals surface area contributed by atoms with Crippen LogP contribution < -0.4 is 10.2 Å². The Kier molecular flexibility index (Phi) is 5.72. The summed E-state index contributed by atoms with van der Waals surface area (Å²) in [5, 5.41) is 3.41. The third-order valence-corrected chi connectivity index (χ3v) is 3.42. The Bertz CT molecular complexity index is 630. The first kappa shape index (κ1) is 16.2. The summed E-state index contributed by atoms with van der Waals surface area (Å²) < 4.78 is 0. The molecule has 2 rings (SSSR count). The molecule has 1 amide bonds. The lowest BCUT2D eigenvalue weighted by atomic mass is 10.3. The Balaban J connectivity index is 2.08. The molecule has 0 aliphatic rings. The fourth-order valence-electron chi connectivity index (χ4n) is 1.88. The van der Waals surface area contributed by atoms with Crippen LogP contribution in [0.1, 0.15) is 30.3 Å². The van der Waals surface area contributed by atoms with E-state index in [1.165, 1.54) is 0 Å². The molecule has 116 valence electrons. The Morgan fingerprint density at radius 1 is 1.27 bits per heavy atom. The molecule has 0 spiro atoms. The molecule has 0 saturated carbocycles. The fraction of sp³-hybridized carbons (Fsp3) is 0.312. The molecule has 1 aromatic heterocycles. The maximum absolute atomic E-state index is 12.2. The fourth-order valence-corrected chi connectivity index (χ4v) is 2.01. The van der Waals surface area contributed by atoms with Crippen molar-refractivity contribution in [2.75, 3.05) is 23.8 Å². The Morgan fingerprint density at radius 3 is 2.68 bits per heavy atom. The van der Waals surface area contributed by atoms with E-state index in [1.54, 1.807) is 36.5 Å². The van der Waals surface area contributed by atoms with Crippen molar-refractivity contribution in [2.24, 2.45) is 0 Å². The molecule has 5 nitrogen and oxygen atoms in total. The van der Waals surface area contributed by atoms with Gasteiger partial charge in [0.05, 0.1) is 0 Å². The van der Waals surface area contributed by atoms with Crippen LogP contribution >= 0.6 is 11.6 Å². The van der Waals surface area contributed by atoms with Crippen molar-refractivity contribution in [1.29, 1.82) is 0 Å². The highest BCUT2D eigenvalue weighted by atomic mass is 35.5. The van der Waals surface area contributed by atoms with E-state index >= 15 is 0 Å². The largest absolute Gasteiger partial charge is 0.344 e. The quantitative estimate of drug-likeness (QED) is 0.883. The zero-order chi connectivity index (χ0) is 15.9. The van der Waals surface area contributed by atoms with E-state index in [-0.39, 0.29) is 5.91 Å². The third-order valence-electron chi connectivity index (χ3n) is 3.17. The van der Waals surface area contributed by atoms with E-state index in [1.807, 2.05) is 11.9 Å². The number of carbonyl (C=O) groups is 1. The monoisotopic (exact) mass is 318 g/mol. The molecule has 0 bridgehead atoms. The van der Waals surface area contributed by atoms with E-state index in [4.69, 9.17) is 11.6 Å². The molecule has 0 aliphatic heterocycles. The van der Waals surface area contributed by atoms with Crippen molar-refractivity contribution in [3.05, 3.63) is 47.2 Å². The molecule has 0 radical (unpaired) electrons. The van der Waals surface area contributed by atoms with Crippen LogP contribution in [0.15, 0.2) is 36.5 Å². The first-order valence-corrected chi connectivity index (χ1v) is 7.59. The van der Waals surface area contributed by atoms with Gasteiger partial charge >= 0.3 is 0 Å². The molecular formula is C16H19ClN4O. The maximum Gasteiger partial charge on any atom is 0.274 e. The Morgan fingerprint density at radius 2 is 2.00 bits per heavy atom. The van der Waals surface area contributed by atoms with Gasteiger partial charge in [0.15, 0.2) is 0 Å². The number of amides is 1. The average molecular weight is 319 g/mol. The molecule has 6 heteroatoms. The van der Waals surface area contributed by atoms with Crippen molar-refractivity contribution >= 4 is 29.1 Å². The second-order valence-corrected chi connectivity index (χ2v) is 5.41. The second-order valence-electron chi connectivity index (χ2n) is 4.98. The van der Waals surface area contributed by atoms with E-state index in [0.717, 1.165) is 19.4 Å². The summed E-state index contributed by atoms with van der Waals surface area (Å²) in [4.78, 5) is 22.7. The number of hydrogen-bond donors (Lipinski definition) is 1. The molecular weight excluding hydrogens is 300 g/mol. The van der Waals surface area contributed by atoms with Crippen LogP contribution in [0.3, 0.4) is 0 Å². The predicted molar refractivity (Wildman–Crippen MR) is 89.6 cm³/mol. The first-order chi connectivity index (χ1) is 10.6. The summed E-state index contributed by atoms with van der Waals surface area (Å²) in [6.07, 6.45) is 3.75. The van der Waals surface area contributed by atoms with Gasteiger partial charge in [-0.3, -0.25) is 4.79 Å². The van der Waals surface area contributed by atoms with E-state index in [9.17, 15) is 4.79 Å². The van der Waals surface area contributed by atoms with Gasteiger partial charge in [0.2, 0.25) is 5.95 Å². The molecule has 0 fully saturated rings. The summed E-state index contributed by atoms with van der Waals surface area (Å²) in [6.45, 7) is 2.99. The minimum absolute atomic E-state index is 0.269. The number of nitrogens with one attached hydrogen (secondary N) is 1. The topological polar surface area (TPSA) is 58.1 Å². The summed E-state index contributed by atoms with van der Waals surface area (Å²) in [7, 11) is 1.92. The molecule has 0 aliphatic carbocycles. The Labute approximate surface area is 135 Å². The van der Waals surface area contributed by atoms with Crippen molar-refractivity contribution in [1.82, 2.24) is 9.97 Å². The summed E-state index contributed by atoms with van der Waals surface area (Å²) in [5.74, 6) is 0.284. The minimum Gasteiger partial charge on any atom is -0.344 e. The van der Waals surface area contributed by atoms with E-state index < -0.39 is 0 Å². The third kappa shape index (κ3) is 4.43. The first-order valence-electron chi connectivity index (χ1n) is 7.21. The van der Waals surface area contributed by atoms with Gasteiger partial charge in [0, 0.05) is 30.5 Å². The molecule has 1 aromatic carbocycles. The summed E-state index contributed by atoms with van der Waals surface area (Å²) >= 11 is 5.82. The average Bonchev–Trinajstić information content (AvgIpc) is 2.54. The van der Waals surface area contributed by atoms with Crippen LogP contribution in [0.2, 0.25) is 5.02 Å². The van der Waals surface area contributed by atoms with Crippen LogP contribution in [0, 0.1) is 0 Å². The molecule has 0 atom stereocenters. The summed E-state index contributed by atoms with van der Waals surface area (Å²) in [5.41, 5.74) is 1.01. The number of rotatable bonds is 6. The van der Waals surface area contributed by atoms with Gasteiger partial charge in [-0.05, 0) is 36.8 Å². The van der Waals surface area contributed by atoms with Gasteiger partial charge in [-0.1, -0.05) is 24.9 Å². The lowest BCUT2D eigenvalue weighted by molar-refractivity contribution is 0.102. The maximum atomic E-state index is 12.2. The number of benzene rings is 1. The van der Waals surface area contributed by atoms with Crippen molar-refractivity contribution < 1.29 is 4.79 Å². The number of nitrogens with zero attached hydrogens (tertiary/aromatic N) is 3. The lowest BCUT2D eigenvalue weighted by Crippen LogP contribution is -2.22. The smallest absolute Gasteiger partial charge is 0.274 e. The SMILES string of the molecule is CCCCN(C)c1nccc(C(=O)Nc2ccc(Cl)cc2)n1. The molecule has 2 aromatic rings. The van der Waals surface area contributed by atoms with Gasteiger partial charge in [0.25, 0.3) is 5.91 Å². The second kappa shape index (κ2) is 7.75. The van der Waals surface area contributed by atoms with Crippen LogP contribution in [0.5, 0.6) is 0 Å².